The molecule has 1 aliphatic rings. The van der Waals surface area contributed by atoms with Gasteiger partial charge in [-0.05, 0) is 69.7 Å². The van der Waals surface area contributed by atoms with Crippen molar-refractivity contribution in [1.29, 1.82) is 0 Å². The number of aryl methyl sites for hydroxylation is 2. The fraction of sp³-hybridized carbons (Fsp3) is 0.333. The Hall–Kier alpha value is -4.22. The summed E-state index contributed by atoms with van der Waals surface area (Å²) in [5, 5.41) is 24.4. The van der Waals surface area contributed by atoms with Gasteiger partial charge in [0.15, 0.2) is 0 Å². The number of methoxy groups -OCH3 is 2. The highest BCUT2D eigenvalue weighted by molar-refractivity contribution is 6.05. The standard InChI is InChI=1S/C33H35NO9/c1-17-8-7-9-19(14-17)22-15-21(11-13-25(22)39-5)30(37)34-23-16-20-10-12-24(18(2)28(20)42-31(23)38)41-32-27(36)26(35)29(40-6)33(3,4)43-32/h7-16,26-27,29,32,35-36H,1-6H3,(H,34,37)/t26-,27-,29+,32+/m0/s1. The lowest BCUT2D eigenvalue weighted by molar-refractivity contribution is -0.306. The Kier molecular flexibility index (Phi) is 8.31. The van der Waals surface area contributed by atoms with Crippen molar-refractivity contribution in [2.24, 2.45) is 0 Å². The molecule has 1 fully saturated rings. The lowest BCUT2D eigenvalue weighted by atomic mass is 9.89. The van der Waals surface area contributed by atoms with E-state index in [0.717, 1.165) is 16.7 Å². The van der Waals surface area contributed by atoms with Crippen LogP contribution in [0, 0.1) is 13.8 Å². The molecule has 1 aliphatic heterocycles. The Morgan fingerprint density at radius 1 is 0.953 bits per heavy atom. The minimum absolute atomic E-state index is 0.0278. The molecule has 1 aromatic heterocycles. The number of amides is 1. The van der Waals surface area contributed by atoms with Crippen LogP contribution in [0.5, 0.6) is 11.5 Å². The van der Waals surface area contributed by atoms with Crippen LogP contribution in [0.2, 0.25) is 0 Å². The van der Waals surface area contributed by atoms with E-state index in [2.05, 4.69) is 5.32 Å². The van der Waals surface area contributed by atoms with Gasteiger partial charge in [0.1, 0.15) is 41.1 Å². The second kappa shape index (κ2) is 11.8. The van der Waals surface area contributed by atoms with Crippen LogP contribution < -0.4 is 20.4 Å². The number of hydrogen-bond donors (Lipinski definition) is 3. The molecule has 4 atom stereocenters. The normalized spacial score (nSPS) is 21.4. The van der Waals surface area contributed by atoms with Crippen molar-refractivity contribution in [3.05, 3.63) is 87.8 Å². The first-order valence-electron chi connectivity index (χ1n) is 13.8. The molecule has 226 valence electrons. The minimum Gasteiger partial charge on any atom is -0.496 e. The maximum Gasteiger partial charge on any atom is 0.360 e. The van der Waals surface area contributed by atoms with Gasteiger partial charge in [-0.15, -0.1) is 0 Å². The number of anilines is 1. The molecule has 43 heavy (non-hydrogen) atoms. The smallest absolute Gasteiger partial charge is 0.360 e. The summed E-state index contributed by atoms with van der Waals surface area (Å²) in [6, 6.07) is 17.7. The number of nitrogens with one attached hydrogen (secondary N) is 1. The first-order chi connectivity index (χ1) is 20.4. The van der Waals surface area contributed by atoms with Gasteiger partial charge in [0.25, 0.3) is 5.91 Å². The third-order valence-corrected chi connectivity index (χ3v) is 7.68. The Labute approximate surface area is 248 Å². The summed E-state index contributed by atoms with van der Waals surface area (Å²) in [5.41, 5.74) is 2.03. The number of rotatable bonds is 7. The molecule has 0 saturated carbocycles. The summed E-state index contributed by atoms with van der Waals surface area (Å²) in [6.07, 6.45) is -4.60. The number of carbonyl (C=O) groups excluding carboxylic acids is 1. The van der Waals surface area contributed by atoms with Crippen molar-refractivity contribution in [3.8, 4) is 22.6 Å². The van der Waals surface area contributed by atoms with E-state index in [-0.39, 0.29) is 17.0 Å². The molecule has 1 amide bonds. The van der Waals surface area contributed by atoms with E-state index in [4.69, 9.17) is 23.4 Å². The summed E-state index contributed by atoms with van der Waals surface area (Å²) < 4.78 is 28.3. The second-order valence-corrected chi connectivity index (χ2v) is 11.1. The number of ether oxygens (including phenoxy) is 4. The molecule has 1 saturated heterocycles. The Morgan fingerprint density at radius 2 is 1.70 bits per heavy atom. The highest BCUT2D eigenvalue weighted by atomic mass is 16.7. The van der Waals surface area contributed by atoms with Gasteiger partial charge in [-0.2, -0.15) is 0 Å². The van der Waals surface area contributed by atoms with E-state index >= 15 is 0 Å². The zero-order valence-corrected chi connectivity index (χ0v) is 24.8. The van der Waals surface area contributed by atoms with Crippen LogP contribution in [0.1, 0.15) is 35.3 Å². The fourth-order valence-electron chi connectivity index (χ4n) is 5.43. The third-order valence-electron chi connectivity index (χ3n) is 7.68. The summed E-state index contributed by atoms with van der Waals surface area (Å²) in [4.78, 5) is 26.2. The Balaban J connectivity index is 1.40. The molecule has 0 aliphatic carbocycles. The van der Waals surface area contributed by atoms with E-state index < -0.39 is 41.7 Å². The van der Waals surface area contributed by atoms with E-state index in [9.17, 15) is 19.8 Å². The summed E-state index contributed by atoms with van der Waals surface area (Å²) >= 11 is 0. The summed E-state index contributed by atoms with van der Waals surface area (Å²) in [5.74, 6) is 0.416. The maximum atomic E-state index is 13.2. The molecule has 5 rings (SSSR count). The van der Waals surface area contributed by atoms with Crippen LogP contribution in [0.25, 0.3) is 22.1 Å². The van der Waals surface area contributed by atoms with Gasteiger partial charge in [-0.1, -0.05) is 29.8 Å². The van der Waals surface area contributed by atoms with Gasteiger partial charge in [-0.3, -0.25) is 4.79 Å². The summed E-state index contributed by atoms with van der Waals surface area (Å²) in [6.45, 7) is 7.13. The van der Waals surface area contributed by atoms with Crippen LogP contribution in [0.3, 0.4) is 0 Å². The van der Waals surface area contributed by atoms with Gasteiger partial charge in [-0.25, -0.2) is 4.79 Å². The molecular formula is C33H35NO9. The molecule has 3 aromatic carbocycles. The zero-order chi connectivity index (χ0) is 31.1. The van der Waals surface area contributed by atoms with E-state index in [1.165, 1.54) is 13.2 Å². The van der Waals surface area contributed by atoms with Crippen molar-refractivity contribution >= 4 is 22.6 Å². The lowest BCUT2D eigenvalue weighted by Crippen LogP contribution is -2.63. The van der Waals surface area contributed by atoms with Crippen molar-refractivity contribution in [2.45, 2.75) is 57.9 Å². The predicted molar refractivity (Wildman–Crippen MR) is 161 cm³/mol. The van der Waals surface area contributed by atoms with Crippen LogP contribution in [-0.2, 0) is 9.47 Å². The van der Waals surface area contributed by atoms with E-state index in [1.54, 1.807) is 58.2 Å². The maximum absolute atomic E-state index is 13.2. The van der Waals surface area contributed by atoms with Crippen molar-refractivity contribution in [3.63, 3.8) is 0 Å². The molecule has 0 bridgehead atoms. The molecule has 4 aromatic rings. The molecule has 10 nitrogen and oxygen atoms in total. The fourth-order valence-corrected chi connectivity index (χ4v) is 5.43. The van der Waals surface area contributed by atoms with E-state index in [1.807, 2.05) is 31.2 Å². The van der Waals surface area contributed by atoms with Crippen molar-refractivity contribution < 1.29 is 38.4 Å². The van der Waals surface area contributed by atoms with Gasteiger partial charge >= 0.3 is 5.63 Å². The minimum atomic E-state index is -1.39. The van der Waals surface area contributed by atoms with Crippen LogP contribution >= 0.6 is 0 Å². The SMILES string of the molecule is COc1ccc(C(=O)Nc2cc3ccc(O[C@@H]4OC(C)(C)[C@H](OC)[C@@H](O)[C@@H]4O)c(C)c3oc2=O)cc1-c1cccc(C)c1. The van der Waals surface area contributed by atoms with Crippen molar-refractivity contribution in [2.75, 3.05) is 19.5 Å². The predicted octanol–water partition coefficient (Wildman–Crippen LogP) is 4.59. The molecule has 3 N–H and O–H groups in total. The molecule has 0 unspecified atom stereocenters. The Bertz CT molecular complexity index is 1730. The lowest BCUT2D eigenvalue weighted by Gasteiger charge is -2.46. The quantitative estimate of drug-likeness (QED) is 0.265. The van der Waals surface area contributed by atoms with E-state index in [0.29, 0.717) is 22.3 Å². The molecule has 2 heterocycles. The zero-order valence-electron chi connectivity index (χ0n) is 24.8. The number of carbonyl (C=O) groups is 1. The average molecular weight is 590 g/mol. The summed E-state index contributed by atoms with van der Waals surface area (Å²) in [7, 11) is 3.00. The number of hydrogen-bond acceptors (Lipinski definition) is 9. The largest absolute Gasteiger partial charge is 0.496 e. The molecule has 10 heteroatoms. The van der Waals surface area contributed by atoms with Gasteiger partial charge in [0, 0.05) is 29.2 Å². The number of aliphatic hydroxyl groups is 2. The number of benzene rings is 3. The molecular weight excluding hydrogens is 554 g/mol. The molecule has 0 radical (unpaired) electrons. The molecule has 0 spiro atoms. The van der Waals surface area contributed by atoms with Crippen LogP contribution in [0.4, 0.5) is 5.69 Å². The van der Waals surface area contributed by atoms with Gasteiger partial charge < -0.3 is 38.9 Å². The highest BCUT2D eigenvalue weighted by Crippen LogP contribution is 2.35. The monoisotopic (exact) mass is 589 g/mol. The number of fused-ring (bicyclic) bond motifs is 1. The third kappa shape index (κ3) is 5.87. The van der Waals surface area contributed by atoms with Gasteiger partial charge in [0.05, 0.1) is 12.7 Å². The average Bonchev–Trinajstić information content (AvgIpc) is 2.97. The number of aliphatic hydroxyl groups excluding tert-OH is 2. The second-order valence-electron chi connectivity index (χ2n) is 11.1. The highest BCUT2D eigenvalue weighted by Gasteiger charge is 2.50. The first kappa shape index (κ1) is 30.2. The first-order valence-corrected chi connectivity index (χ1v) is 13.8. The Morgan fingerprint density at radius 3 is 2.40 bits per heavy atom. The van der Waals surface area contributed by atoms with Gasteiger partial charge in [0.2, 0.25) is 6.29 Å². The van der Waals surface area contributed by atoms with Crippen LogP contribution in [-0.4, -0.2) is 60.5 Å². The van der Waals surface area contributed by atoms with Crippen LogP contribution in [0.15, 0.2) is 69.9 Å². The topological polar surface area (TPSA) is 137 Å². The van der Waals surface area contributed by atoms with Crippen molar-refractivity contribution in [1.82, 2.24) is 0 Å².